The van der Waals surface area contributed by atoms with Gasteiger partial charge in [0.25, 0.3) is 0 Å². The fraction of sp³-hybridized carbons (Fsp3) is 0.0625. The van der Waals surface area contributed by atoms with Crippen LogP contribution >= 0.6 is 11.3 Å². The van der Waals surface area contributed by atoms with E-state index in [4.69, 9.17) is 5.73 Å². The molecule has 3 N–H and O–H groups in total. The Balaban J connectivity index is 1.81. The summed E-state index contributed by atoms with van der Waals surface area (Å²) in [6.07, 6.45) is 0. The number of nitrogens with one attached hydrogen (secondary N) is 1. The standard InChI is InChI=1S/C16H14FN3S/c1-10-2-7-13(8-14(10)18)19-16-20-15(9-21-16)11-3-5-12(17)6-4-11/h2-9H,18H2,1H3,(H,19,20). The molecule has 0 fully saturated rings. The molecule has 0 bridgehead atoms. The molecule has 0 spiro atoms. The number of aromatic nitrogens is 1. The smallest absolute Gasteiger partial charge is 0.187 e. The van der Waals surface area contributed by atoms with Gasteiger partial charge < -0.3 is 11.1 Å². The zero-order chi connectivity index (χ0) is 14.8. The molecule has 3 rings (SSSR count). The first-order valence-corrected chi connectivity index (χ1v) is 7.34. The van der Waals surface area contributed by atoms with E-state index in [2.05, 4.69) is 10.3 Å². The minimum Gasteiger partial charge on any atom is -0.398 e. The van der Waals surface area contributed by atoms with Crippen molar-refractivity contribution < 1.29 is 4.39 Å². The summed E-state index contributed by atoms with van der Waals surface area (Å²) < 4.78 is 12.9. The lowest BCUT2D eigenvalue weighted by Crippen LogP contribution is -1.94. The van der Waals surface area contributed by atoms with E-state index in [0.717, 1.165) is 33.3 Å². The summed E-state index contributed by atoms with van der Waals surface area (Å²) in [4.78, 5) is 4.50. The number of rotatable bonds is 3. The van der Waals surface area contributed by atoms with Crippen LogP contribution < -0.4 is 11.1 Å². The van der Waals surface area contributed by atoms with Crippen LogP contribution in [0.15, 0.2) is 47.8 Å². The van der Waals surface area contributed by atoms with Crippen molar-refractivity contribution in [3.63, 3.8) is 0 Å². The molecule has 2 aromatic carbocycles. The Bertz CT molecular complexity index is 765. The number of benzene rings is 2. The number of aryl methyl sites for hydroxylation is 1. The maximum absolute atomic E-state index is 12.9. The van der Waals surface area contributed by atoms with Crippen molar-refractivity contribution in [3.05, 3.63) is 59.2 Å². The summed E-state index contributed by atoms with van der Waals surface area (Å²) in [7, 11) is 0. The predicted octanol–water partition coefficient (Wildman–Crippen LogP) is 4.58. The normalized spacial score (nSPS) is 10.6. The highest BCUT2D eigenvalue weighted by atomic mass is 32.1. The highest BCUT2D eigenvalue weighted by Gasteiger charge is 2.05. The summed E-state index contributed by atoms with van der Waals surface area (Å²) in [5, 5.41) is 5.94. The summed E-state index contributed by atoms with van der Waals surface area (Å²) in [5.74, 6) is -0.248. The lowest BCUT2D eigenvalue weighted by molar-refractivity contribution is 0.628. The van der Waals surface area contributed by atoms with E-state index in [9.17, 15) is 4.39 Å². The highest BCUT2D eigenvalue weighted by molar-refractivity contribution is 7.14. The van der Waals surface area contributed by atoms with Crippen LogP contribution in [0, 0.1) is 12.7 Å². The molecular formula is C16H14FN3S. The van der Waals surface area contributed by atoms with Gasteiger partial charge in [-0.25, -0.2) is 9.37 Å². The topological polar surface area (TPSA) is 50.9 Å². The largest absolute Gasteiger partial charge is 0.398 e. The molecule has 0 aliphatic heterocycles. The third kappa shape index (κ3) is 3.03. The molecule has 5 heteroatoms. The van der Waals surface area contributed by atoms with E-state index in [1.165, 1.54) is 23.5 Å². The van der Waals surface area contributed by atoms with Crippen molar-refractivity contribution in [1.29, 1.82) is 0 Å². The Kier molecular flexibility index (Phi) is 3.58. The number of hydrogen-bond acceptors (Lipinski definition) is 4. The number of nitrogen functional groups attached to an aromatic ring is 1. The van der Waals surface area contributed by atoms with Crippen molar-refractivity contribution in [3.8, 4) is 11.3 Å². The van der Waals surface area contributed by atoms with Gasteiger partial charge in [0.15, 0.2) is 5.13 Å². The molecule has 0 aliphatic rings. The lowest BCUT2D eigenvalue weighted by atomic mass is 10.2. The van der Waals surface area contributed by atoms with Gasteiger partial charge in [-0.2, -0.15) is 0 Å². The van der Waals surface area contributed by atoms with E-state index >= 15 is 0 Å². The molecule has 106 valence electrons. The van der Waals surface area contributed by atoms with E-state index < -0.39 is 0 Å². The van der Waals surface area contributed by atoms with Crippen molar-refractivity contribution in [2.24, 2.45) is 0 Å². The Morgan fingerprint density at radius 3 is 2.62 bits per heavy atom. The first-order chi connectivity index (χ1) is 10.1. The number of nitrogens with zero attached hydrogens (tertiary/aromatic N) is 1. The van der Waals surface area contributed by atoms with Crippen LogP contribution in [0.4, 0.5) is 20.9 Å². The first-order valence-electron chi connectivity index (χ1n) is 6.46. The molecule has 0 saturated heterocycles. The van der Waals surface area contributed by atoms with Gasteiger partial charge in [0, 0.05) is 22.3 Å². The molecule has 0 aliphatic carbocycles. The number of halogens is 1. The maximum atomic E-state index is 12.9. The molecule has 1 aromatic heterocycles. The van der Waals surface area contributed by atoms with Gasteiger partial charge in [-0.15, -0.1) is 11.3 Å². The van der Waals surface area contributed by atoms with Gasteiger partial charge in [-0.1, -0.05) is 6.07 Å². The van der Waals surface area contributed by atoms with Crippen LogP contribution in [-0.4, -0.2) is 4.98 Å². The average molecular weight is 299 g/mol. The number of nitrogens with two attached hydrogens (primary N) is 1. The fourth-order valence-corrected chi connectivity index (χ4v) is 2.67. The molecule has 3 nitrogen and oxygen atoms in total. The minimum atomic E-state index is -0.248. The van der Waals surface area contributed by atoms with Gasteiger partial charge in [-0.3, -0.25) is 0 Å². The Morgan fingerprint density at radius 1 is 1.14 bits per heavy atom. The zero-order valence-corrected chi connectivity index (χ0v) is 12.2. The van der Waals surface area contributed by atoms with Gasteiger partial charge in [0.05, 0.1) is 5.69 Å². The third-order valence-corrected chi connectivity index (χ3v) is 3.93. The second kappa shape index (κ2) is 5.54. The van der Waals surface area contributed by atoms with Crippen LogP contribution in [0.3, 0.4) is 0 Å². The monoisotopic (exact) mass is 299 g/mol. The number of thiazole rings is 1. The molecule has 1 heterocycles. The second-order valence-corrected chi connectivity index (χ2v) is 5.60. The van der Waals surface area contributed by atoms with Crippen LogP contribution in [0.5, 0.6) is 0 Å². The molecule has 3 aromatic rings. The van der Waals surface area contributed by atoms with E-state index in [0.29, 0.717) is 0 Å². The maximum Gasteiger partial charge on any atom is 0.187 e. The summed E-state index contributed by atoms with van der Waals surface area (Å²) in [6.45, 7) is 1.97. The summed E-state index contributed by atoms with van der Waals surface area (Å²) in [6, 6.07) is 12.1. The van der Waals surface area contributed by atoms with E-state index in [1.807, 2.05) is 30.5 Å². The Labute approximate surface area is 126 Å². The molecule has 0 atom stereocenters. The summed E-state index contributed by atoms with van der Waals surface area (Å²) >= 11 is 1.50. The van der Waals surface area contributed by atoms with Crippen molar-refractivity contribution in [1.82, 2.24) is 4.98 Å². The number of anilines is 3. The highest BCUT2D eigenvalue weighted by Crippen LogP contribution is 2.28. The third-order valence-electron chi connectivity index (χ3n) is 3.17. The van der Waals surface area contributed by atoms with Crippen molar-refractivity contribution >= 4 is 27.8 Å². The van der Waals surface area contributed by atoms with Gasteiger partial charge in [0.2, 0.25) is 0 Å². The van der Waals surface area contributed by atoms with Crippen LogP contribution in [0.1, 0.15) is 5.56 Å². The molecule has 0 saturated carbocycles. The van der Waals surface area contributed by atoms with E-state index in [-0.39, 0.29) is 5.82 Å². The SMILES string of the molecule is Cc1ccc(Nc2nc(-c3ccc(F)cc3)cs2)cc1N. The van der Waals surface area contributed by atoms with Crippen molar-refractivity contribution in [2.75, 3.05) is 11.1 Å². The average Bonchev–Trinajstić information content (AvgIpc) is 2.92. The molecular weight excluding hydrogens is 285 g/mol. The minimum absolute atomic E-state index is 0.248. The zero-order valence-electron chi connectivity index (χ0n) is 11.4. The number of hydrogen-bond donors (Lipinski definition) is 2. The van der Waals surface area contributed by atoms with Crippen LogP contribution in [0.2, 0.25) is 0 Å². The lowest BCUT2D eigenvalue weighted by Gasteiger charge is -2.05. The van der Waals surface area contributed by atoms with Gasteiger partial charge in [-0.05, 0) is 48.9 Å². The predicted molar refractivity (Wildman–Crippen MR) is 86.4 cm³/mol. The molecule has 0 amide bonds. The summed E-state index contributed by atoms with van der Waals surface area (Å²) in [5.41, 5.74) is 10.3. The Morgan fingerprint density at radius 2 is 1.90 bits per heavy atom. The molecule has 0 radical (unpaired) electrons. The molecule has 0 unspecified atom stereocenters. The van der Waals surface area contributed by atoms with E-state index in [1.54, 1.807) is 12.1 Å². The second-order valence-electron chi connectivity index (χ2n) is 4.74. The van der Waals surface area contributed by atoms with Gasteiger partial charge >= 0.3 is 0 Å². The van der Waals surface area contributed by atoms with Crippen LogP contribution in [0.25, 0.3) is 11.3 Å². The molecule has 21 heavy (non-hydrogen) atoms. The first kappa shape index (κ1) is 13.6. The van der Waals surface area contributed by atoms with Crippen molar-refractivity contribution in [2.45, 2.75) is 6.92 Å². The Hall–Kier alpha value is -2.40. The fourth-order valence-electron chi connectivity index (χ4n) is 1.93. The van der Waals surface area contributed by atoms with Gasteiger partial charge in [0.1, 0.15) is 5.82 Å². The van der Waals surface area contributed by atoms with Crippen LogP contribution in [-0.2, 0) is 0 Å². The quantitative estimate of drug-likeness (QED) is 0.696.